The number of halogens is 2. The van der Waals surface area contributed by atoms with Crippen LogP contribution in [-0.2, 0) is 33.0 Å². The first kappa shape index (κ1) is 38.6. The summed E-state index contributed by atoms with van der Waals surface area (Å²) in [5, 5.41) is 12.3. The number of nitrogens with zero attached hydrogens (tertiary/aromatic N) is 5. The molecule has 1 amide bonds. The Kier molecular flexibility index (Phi) is 10.7. The second kappa shape index (κ2) is 15.8. The zero-order valence-electron chi connectivity index (χ0n) is 30.1. The minimum atomic E-state index is -4.43. The van der Waals surface area contributed by atoms with Gasteiger partial charge in [-0.2, -0.15) is 0 Å². The summed E-state index contributed by atoms with van der Waals surface area (Å²) < 4.78 is 66.3. The van der Waals surface area contributed by atoms with Crippen molar-refractivity contribution in [1.82, 2.24) is 29.4 Å². The summed E-state index contributed by atoms with van der Waals surface area (Å²) in [6.07, 6.45) is 7.45. The van der Waals surface area contributed by atoms with E-state index >= 15 is 8.78 Å². The van der Waals surface area contributed by atoms with Crippen molar-refractivity contribution in [3.8, 4) is 16.8 Å². The van der Waals surface area contributed by atoms with E-state index in [-0.39, 0.29) is 28.3 Å². The van der Waals surface area contributed by atoms with Crippen LogP contribution in [0.4, 0.5) is 14.5 Å². The molecule has 7 rings (SSSR count). The predicted octanol–water partition coefficient (Wildman–Crippen LogP) is 3.94. The fourth-order valence-corrected chi connectivity index (χ4v) is 7.52. The fraction of sp³-hybridized carbons (Fsp3) is 0.205. The van der Waals surface area contributed by atoms with Crippen LogP contribution >= 0.6 is 0 Å². The van der Waals surface area contributed by atoms with Gasteiger partial charge in [0.15, 0.2) is 0 Å². The second-order valence-electron chi connectivity index (χ2n) is 13.3. The number of amides is 1. The van der Waals surface area contributed by atoms with E-state index in [2.05, 4.69) is 20.3 Å². The van der Waals surface area contributed by atoms with Crippen LogP contribution in [0.2, 0.25) is 0 Å². The highest BCUT2D eigenvalue weighted by atomic mass is 32.2. The van der Waals surface area contributed by atoms with Crippen molar-refractivity contribution >= 4 is 38.5 Å². The summed E-state index contributed by atoms with van der Waals surface area (Å²) in [6.45, 7) is 1.29. The minimum absolute atomic E-state index is 0.200. The smallest absolute Gasteiger partial charge is 0.335 e. The van der Waals surface area contributed by atoms with Crippen molar-refractivity contribution in [3.63, 3.8) is 0 Å². The van der Waals surface area contributed by atoms with Gasteiger partial charge in [-0.05, 0) is 60.4 Å². The van der Waals surface area contributed by atoms with Gasteiger partial charge in [0, 0.05) is 62.8 Å². The number of hydrogen-bond donors (Lipinski definition) is 3. The van der Waals surface area contributed by atoms with Gasteiger partial charge < -0.3 is 15.2 Å². The number of ether oxygens (including phenoxy) is 1. The van der Waals surface area contributed by atoms with E-state index in [4.69, 9.17) is 4.74 Å². The molecule has 3 N–H and O–H groups in total. The monoisotopic (exact) mass is 797 g/mol. The molecule has 3 aromatic carbocycles. The lowest BCUT2D eigenvalue weighted by atomic mass is 9.99. The van der Waals surface area contributed by atoms with E-state index in [1.54, 1.807) is 12.4 Å². The number of aryl methyl sites for hydroxylation is 1. The Morgan fingerprint density at radius 3 is 2.28 bits per heavy atom. The highest BCUT2D eigenvalue weighted by molar-refractivity contribution is 7.92. The Balaban J connectivity index is 1.02. The normalized spacial score (nSPS) is 13.9. The number of fused-ring (bicyclic) bond motifs is 1. The van der Waals surface area contributed by atoms with Gasteiger partial charge in [0.05, 0.1) is 38.9 Å². The van der Waals surface area contributed by atoms with Crippen molar-refractivity contribution in [2.45, 2.75) is 36.1 Å². The molecular weight excluding hydrogens is 765 g/mol. The first-order valence-corrected chi connectivity index (χ1v) is 19.0. The van der Waals surface area contributed by atoms with Gasteiger partial charge >= 0.3 is 11.7 Å². The van der Waals surface area contributed by atoms with Gasteiger partial charge in [0.2, 0.25) is 0 Å². The number of benzene rings is 3. The number of sulfonamides is 1. The molecule has 0 saturated carbocycles. The molecule has 18 heteroatoms. The van der Waals surface area contributed by atoms with Crippen LogP contribution in [0.15, 0.2) is 106 Å². The largest absolute Gasteiger partial charge is 0.480 e. The number of pyridine rings is 1. The van der Waals surface area contributed by atoms with Crippen molar-refractivity contribution in [2.24, 2.45) is 7.05 Å². The highest BCUT2D eigenvalue weighted by Gasteiger charge is 2.26. The average molecular weight is 798 g/mol. The SMILES string of the molecule is Cn1c(=O)n(-c2ccc(CC(NC(=O)c3cc(F)c(NS(=O)(=O)c4ccc(-c5cnc(C6CCOCC6)nc5)cc4)cc3F)C(=O)O)cc2)c(=O)c2ccncc21. The van der Waals surface area contributed by atoms with E-state index in [1.165, 1.54) is 78.6 Å². The third kappa shape index (κ3) is 8.03. The number of carbonyl (C=O) groups excluding carboxylic acids is 1. The molecule has 1 aliphatic rings. The quantitative estimate of drug-likeness (QED) is 0.171. The molecule has 57 heavy (non-hydrogen) atoms. The molecule has 1 unspecified atom stereocenters. The summed E-state index contributed by atoms with van der Waals surface area (Å²) in [6, 6.07) is 12.2. The van der Waals surface area contributed by atoms with Gasteiger partial charge in [0.1, 0.15) is 23.5 Å². The van der Waals surface area contributed by atoms with Gasteiger partial charge in [-0.3, -0.25) is 23.9 Å². The highest BCUT2D eigenvalue weighted by Crippen LogP contribution is 2.27. The maximum atomic E-state index is 15.2. The van der Waals surface area contributed by atoms with Crippen LogP contribution in [0.3, 0.4) is 0 Å². The molecule has 1 aliphatic heterocycles. The van der Waals surface area contributed by atoms with Gasteiger partial charge in [-0.15, -0.1) is 0 Å². The van der Waals surface area contributed by atoms with E-state index in [9.17, 15) is 32.7 Å². The molecule has 0 bridgehead atoms. The number of anilines is 1. The molecule has 0 spiro atoms. The van der Waals surface area contributed by atoms with E-state index < -0.39 is 62.1 Å². The van der Waals surface area contributed by atoms with Gasteiger partial charge in [-0.1, -0.05) is 24.3 Å². The Morgan fingerprint density at radius 1 is 0.930 bits per heavy atom. The molecule has 4 heterocycles. The summed E-state index contributed by atoms with van der Waals surface area (Å²) in [5.41, 5.74) is -0.688. The molecule has 1 fully saturated rings. The molecule has 6 aromatic rings. The molecular formula is C39H33F2N7O8S. The van der Waals surface area contributed by atoms with Crippen LogP contribution < -0.4 is 21.3 Å². The molecule has 1 atom stereocenters. The van der Waals surface area contributed by atoms with Crippen LogP contribution in [-0.4, -0.2) is 68.7 Å². The topological polar surface area (TPSA) is 204 Å². The average Bonchev–Trinajstić information content (AvgIpc) is 3.22. The van der Waals surface area contributed by atoms with Gasteiger partial charge in [0.25, 0.3) is 21.5 Å². The maximum Gasteiger partial charge on any atom is 0.335 e. The molecule has 3 aromatic heterocycles. The van der Waals surface area contributed by atoms with Crippen LogP contribution in [0.1, 0.15) is 40.5 Å². The van der Waals surface area contributed by atoms with Crippen molar-refractivity contribution in [3.05, 3.63) is 141 Å². The standard InChI is InChI=1S/C39H33F2N7O8S/c1-47-34-21-42-13-10-28(34)37(50)48(39(47)53)26-6-2-22(3-7-26)16-33(38(51)52)45-36(49)29-17-31(41)32(18-30(29)40)46-57(54,55)27-8-4-23(5-9-27)25-19-43-35(44-20-25)24-11-14-56-15-12-24/h2-10,13,17-21,24,33,46H,11-12,14-16H2,1H3,(H,45,49)(H,51,52). The Labute approximate surface area is 322 Å². The minimum Gasteiger partial charge on any atom is -0.480 e. The Bertz CT molecular complexity index is 2740. The zero-order valence-corrected chi connectivity index (χ0v) is 30.9. The number of carbonyl (C=O) groups is 2. The Morgan fingerprint density at radius 2 is 1.61 bits per heavy atom. The van der Waals surface area contributed by atoms with Crippen molar-refractivity contribution in [1.29, 1.82) is 0 Å². The number of carboxylic acid groups (broad SMARTS) is 1. The van der Waals surface area contributed by atoms with Crippen molar-refractivity contribution < 1.29 is 36.6 Å². The number of aromatic nitrogens is 5. The van der Waals surface area contributed by atoms with Crippen LogP contribution in [0, 0.1) is 11.6 Å². The predicted molar refractivity (Wildman–Crippen MR) is 203 cm³/mol. The zero-order chi connectivity index (χ0) is 40.4. The third-order valence-electron chi connectivity index (χ3n) is 9.61. The second-order valence-corrected chi connectivity index (χ2v) is 15.0. The lowest BCUT2D eigenvalue weighted by Gasteiger charge is -2.20. The number of nitrogens with one attached hydrogen (secondary N) is 2. The Hall–Kier alpha value is -6.66. The summed E-state index contributed by atoms with van der Waals surface area (Å²) in [4.78, 5) is 63.9. The first-order chi connectivity index (χ1) is 27.3. The van der Waals surface area contributed by atoms with Crippen LogP contribution in [0.25, 0.3) is 27.7 Å². The van der Waals surface area contributed by atoms with Gasteiger partial charge in [-0.25, -0.2) is 41.3 Å². The molecule has 15 nitrogen and oxygen atoms in total. The summed E-state index contributed by atoms with van der Waals surface area (Å²) in [7, 11) is -2.94. The maximum absolute atomic E-state index is 15.2. The first-order valence-electron chi connectivity index (χ1n) is 17.5. The molecule has 0 aliphatic carbocycles. The van der Waals surface area contributed by atoms with Crippen LogP contribution in [0.5, 0.6) is 0 Å². The summed E-state index contributed by atoms with van der Waals surface area (Å²) in [5.74, 6) is -4.47. The fourth-order valence-electron chi connectivity index (χ4n) is 6.46. The lowest BCUT2D eigenvalue weighted by molar-refractivity contribution is -0.139. The third-order valence-corrected chi connectivity index (χ3v) is 11.0. The molecule has 1 saturated heterocycles. The van der Waals surface area contributed by atoms with E-state index in [0.29, 0.717) is 53.4 Å². The van der Waals surface area contributed by atoms with E-state index in [0.717, 1.165) is 17.4 Å². The number of hydrogen-bond acceptors (Lipinski definition) is 10. The number of rotatable bonds is 11. The molecule has 0 radical (unpaired) electrons. The summed E-state index contributed by atoms with van der Waals surface area (Å²) >= 11 is 0. The lowest BCUT2D eigenvalue weighted by Crippen LogP contribution is -2.42. The van der Waals surface area contributed by atoms with E-state index in [1.807, 2.05) is 4.72 Å². The molecule has 292 valence electrons. The number of carboxylic acids is 1. The number of aliphatic carboxylic acids is 1. The van der Waals surface area contributed by atoms with Crippen molar-refractivity contribution in [2.75, 3.05) is 17.9 Å².